The predicted octanol–water partition coefficient (Wildman–Crippen LogP) is 3.63. The van der Waals surface area contributed by atoms with Gasteiger partial charge in [0.2, 0.25) is 0 Å². The number of amides is 1. The molecule has 27 heavy (non-hydrogen) atoms. The van der Waals surface area contributed by atoms with Crippen LogP contribution in [0, 0.1) is 13.8 Å². The lowest BCUT2D eigenvalue weighted by Gasteiger charge is -2.31. The molecule has 0 atom stereocenters. The number of aromatic nitrogens is 4. The molecule has 3 aromatic rings. The van der Waals surface area contributed by atoms with Gasteiger partial charge >= 0.3 is 0 Å². The first kappa shape index (κ1) is 17.7. The Morgan fingerprint density at radius 3 is 2.63 bits per heavy atom. The van der Waals surface area contributed by atoms with Gasteiger partial charge in [0.25, 0.3) is 5.91 Å². The molecule has 1 aliphatic heterocycles. The van der Waals surface area contributed by atoms with Crippen LogP contribution in [0.25, 0.3) is 10.6 Å². The molecular formula is C20H21N5OS. The molecule has 7 heteroatoms. The van der Waals surface area contributed by atoms with Crippen molar-refractivity contribution in [1.29, 1.82) is 0 Å². The molecule has 4 rings (SSSR count). The molecule has 4 heterocycles. The summed E-state index contributed by atoms with van der Waals surface area (Å²) in [5, 5.41) is 1.14. The van der Waals surface area contributed by atoms with Crippen molar-refractivity contribution in [3.8, 4) is 10.6 Å². The second kappa shape index (κ2) is 7.52. The van der Waals surface area contributed by atoms with Crippen molar-refractivity contribution in [2.45, 2.75) is 32.6 Å². The Hall–Kier alpha value is -2.67. The molecule has 1 aliphatic rings. The second-order valence-corrected chi connectivity index (χ2v) is 7.79. The van der Waals surface area contributed by atoms with E-state index in [0.717, 1.165) is 52.9 Å². The minimum Gasteiger partial charge on any atom is -0.339 e. The molecule has 0 bridgehead atoms. The fourth-order valence-electron chi connectivity index (χ4n) is 3.46. The monoisotopic (exact) mass is 379 g/mol. The van der Waals surface area contributed by atoms with Crippen LogP contribution in [0.2, 0.25) is 0 Å². The van der Waals surface area contributed by atoms with E-state index in [1.54, 1.807) is 30.1 Å². The van der Waals surface area contributed by atoms with Crippen LogP contribution < -0.4 is 0 Å². The Balaban J connectivity index is 1.46. The van der Waals surface area contributed by atoms with E-state index in [-0.39, 0.29) is 5.91 Å². The third kappa shape index (κ3) is 3.60. The number of piperidine rings is 1. The van der Waals surface area contributed by atoms with Crippen LogP contribution >= 0.6 is 11.3 Å². The van der Waals surface area contributed by atoms with Gasteiger partial charge in [-0.05, 0) is 44.9 Å². The number of aryl methyl sites for hydroxylation is 2. The summed E-state index contributed by atoms with van der Waals surface area (Å²) in [6, 6.07) is 5.59. The van der Waals surface area contributed by atoms with Gasteiger partial charge in [0.15, 0.2) is 0 Å². The zero-order chi connectivity index (χ0) is 18.8. The quantitative estimate of drug-likeness (QED) is 0.695. The van der Waals surface area contributed by atoms with Gasteiger partial charge in [-0.25, -0.2) is 15.0 Å². The number of pyridine rings is 1. The van der Waals surface area contributed by atoms with Crippen LogP contribution in [0.15, 0.2) is 36.9 Å². The number of thiazole rings is 1. The predicted molar refractivity (Wildman–Crippen MR) is 105 cm³/mol. The molecule has 0 N–H and O–H groups in total. The standard InChI is InChI=1S/C20H21N5OS/c1-13-16(4-3-8-22-13)20(26)25-10-6-15(7-11-25)19-24-14(2)18(27-19)17-5-9-21-12-23-17/h3-5,8-9,12,15H,6-7,10-11H2,1-2H3. The maximum absolute atomic E-state index is 12.8. The highest BCUT2D eigenvalue weighted by atomic mass is 32.1. The van der Waals surface area contributed by atoms with E-state index in [1.807, 2.05) is 36.9 Å². The Morgan fingerprint density at radius 1 is 1.11 bits per heavy atom. The van der Waals surface area contributed by atoms with Crippen LogP contribution in [-0.2, 0) is 0 Å². The largest absolute Gasteiger partial charge is 0.339 e. The van der Waals surface area contributed by atoms with Crippen molar-refractivity contribution in [3.63, 3.8) is 0 Å². The first-order valence-corrected chi connectivity index (χ1v) is 9.89. The Kier molecular flexibility index (Phi) is 4.94. The summed E-state index contributed by atoms with van der Waals surface area (Å²) in [7, 11) is 0. The molecule has 1 fully saturated rings. The van der Waals surface area contributed by atoms with Gasteiger partial charge in [0, 0.05) is 37.1 Å². The third-order valence-corrected chi connectivity index (χ3v) is 6.34. The van der Waals surface area contributed by atoms with E-state index in [1.165, 1.54) is 0 Å². The van der Waals surface area contributed by atoms with Gasteiger partial charge in [-0.15, -0.1) is 11.3 Å². The van der Waals surface area contributed by atoms with E-state index in [9.17, 15) is 4.79 Å². The molecule has 0 aliphatic carbocycles. The lowest BCUT2D eigenvalue weighted by atomic mass is 9.97. The van der Waals surface area contributed by atoms with Crippen LogP contribution in [0.5, 0.6) is 0 Å². The van der Waals surface area contributed by atoms with E-state index >= 15 is 0 Å². The molecule has 0 radical (unpaired) electrons. The maximum Gasteiger partial charge on any atom is 0.255 e. The number of carbonyl (C=O) groups excluding carboxylic acids is 1. The highest BCUT2D eigenvalue weighted by Crippen LogP contribution is 2.36. The number of nitrogens with zero attached hydrogens (tertiary/aromatic N) is 5. The number of carbonyl (C=O) groups is 1. The first-order valence-electron chi connectivity index (χ1n) is 9.08. The molecule has 0 spiro atoms. The van der Waals surface area contributed by atoms with Gasteiger partial charge in [-0.1, -0.05) is 0 Å². The molecule has 0 unspecified atom stereocenters. The average molecular weight is 379 g/mol. The number of hydrogen-bond donors (Lipinski definition) is 0. The van der Waals surface area contributed by atoms with Crippen molar-refractivity contribution < 1.29 is 4.79 Å². The van der Waals surface area contributed by atoms with E-state index in [4.69, 9.17) is 4.98 Å². The summed E-state index contributed by atoms with van der Waals surface area (Å²) in [6.07, 6.45) is 6.91. The summed E-state index contributed by atoms with van der Waals surface area (Å²) in [6.45, 7) is 5.41. The third-order valence-electron chi connectivity index (χ3n) is 5.00. The van der Waals surface area contributed by atoms with Crippen LogP contribution in [0.3, 0.4) is 0 Å². The summed E-state index contributed by atoms with van der Waals surface area (Å²) in [5.41, 5.74) is 3.42. The van der Waals surface area contributed by atoms with Crippen molar-refractivity contribution >= 4 is 17.2 Å². The number of rotatable bonds is 3. The zero-order valence-corrected chi connectivity index (χ0v) is 16.2. The fourth-order valence-corrected chi connectivity index (χ4v) is 4.68. The molecule has 6 nitrogen and oxygen atoms in total. The van der Waals surface area contributed by atoms with E-state index < -0.39 is 0 Å². The fraction of sp³-hybridized carbons (Fsp3) is 0.350. The minimum atomic E-state index is 0.0797. The summed E-state index contributed by atoms with van der Waals surface area (Å²) >= 11 is 1.71. The normalized spacial score (nSPS) is 15.1. The minimum absolute atomic E-state index is 0.0797. The number of hydrogen-bond acceptors (Lipinski definition) is 6. The van der Waals surface area contributed by atoms with Crippen molar-refractivity contribution in [2.24, 2.45) is 0 Å². The SMILES string of the molecule is Cc1ncccc1C(=O)N1CCC(c2nc(C)c(-c3ccncn3)s2)CC1. The highest BCUT2D eigenvalue weighted by Gasteiger charge is 2.27. The smallest absolute Gasteiger partial charge is 0.255 e. The topological polar surface area (TPSA) is 71.9 Å². The number of likely N-dealkylation sites (tertiary alicyclic amines) is 1. The van der Waals surface area contributed by atoms with Gasteiger partial charge < -0.3 is 4.90 Å². The van der Waals surface area contributed by atoms with Crippen LogP contribution in [0.4, 0.5) is 0 Å². The lowest BCUT2D eigenvalue weighted by molar-refractivity contribution is 0.0711. The summed E-state index contributed by atoms with van der Waals surface area (Å²) in [4.78, 5) is 33.2. The molecule has 1 amide bonds. The summed E-state index contributed by atoms with van der Waals surface area (Å²) < 4.78 is 0. The van der Waals surface area contributed by atoms with Gasteiger partial charge in [-0.2, -0.15) is 0 Å². The zero-order valence-electron chi connectivity index (χ0n) is 15.4. The van der Waals surface area contributed by atoms with Crippen molar-refractivity contribution in [3.05, 3.63) is 58.9 Å². The average Bonchev–Trinajstić information content (AvgIpc) is 3.10. The highest BCUT2D eigenvalue weighted by molar-refractivity contribution is 7.15. The van der Waals surface area contributed by atoms with E-state index in [2.05, 4.69) is 15.0 Å². The molecule has 1 saturated heterocycles. The maximum atomic E-state index is 12.8. The second-order valence-electron chi connectivity index (χ2n) is 6.76. The van der Waals surface area contributed by atoms with Gasteiger partial charge in [0.05, 0.1) is 26.8 Å². The Labute approximate surface area is 162 Å². The Morgan fingerprint density at radius 2 is 1.93 bits per heavy atom. The van der Waals surface area contributed by atoms with Crippen molar-refractivity contribution in [1.82, 2.24) is 24.8 Å². The van der Waals surface area contributed by atoms with Gasteiger partial charge in [-0.3, -0.25) is 9.78 Å². The molecular weight excluding hydrogens is 358 g/mol. The Bertz CT molecular complexity index is 948. The van der Waals surface area contributed by atoms with Gasteiger partial charge in [0.1, 0.15) is 6.33 Å². The first-order chi connectivity index (χ1) is 13.1. The van der Waals surface area contributed by atoms with E-state index in [0.29, 0.717) is 11.5 Å². The van der Waals surface area contributed by atoms with Crippen molar-refractivity contribution in [2.75, 3.05) is 13.1 Å². The lowest BCUT2D eigenvalue weighted by Crippen LogP contribution is -2.38. The van der Waals surface area contributed by atoms with Crippen LogP contribution in [0.1, 0.15) is 45.5 Å². The molecule has 3 aromatic heterocycles. The molecule has 0 saturated carbocycles. The van der Waals surface area contributed by atoms with Crippen LogP contribution in [-0.4, -0.2) is 43.8 Å². The molecule has 0 aromatic carbocycles. The summed E-state index contributed by atoms with van der Waals surface area (Å²) in [5.74, 6) is 0.472. The molecule has 138 valence electrons.